The Hall–Kier alpha value is -2.98. The van der Waals surface area contributed by atoms with Gasteiger partial charge in [0.2, 0.25) is 11.8 Å². The lowest BCUT2D eigenvalue weighted by Gasteiger charge is -2.19. The van der Waals surface area contributed by atoms with E-state index in [1.54, 1.807) is 0 Å². The van der Waals surface area contributed by atoms with Gasteiger partial charge in [0.15, 0.2) is 0 Å². The van der Waals surface area contributed by atoms with Crippen LogP contribution in [-0.4, -0.2) is 58.0 Å². The second kappa shape index (κ2) is 23.0. The van der Waals surface area contributed by atoms with Crippen LogP contribution in [0.1, 0.15) is 129 Å². The van der Waals surface area contributed by atoms with Crippen molar-refractivity contribution in [3.63, 3.8) is 0 Å². The van der Waals surface area contributed by atoms with Crippen molar-refractivity contribution in [1.82, 2.24) is 10.6 Å². The van der Waals surface area contributed by atoms with E-state index >= 15 is 0 Å². The SMILES string of the molecule is CCCCCCCCCC(=O)N[C@@H](CC(=O)O)C(=O)OC(=O)[C@H](CC(=O)O)NC(=O)CCCCCCCCC. The Kier molecular flexibility index (Phi) is 21.2. The Morgan fingerprint density at radius 3 is 1.15 bits per heavy atom. The molecule has 0 aromatic heterocycles. The minimum atomic E-state index is -1.63. The quantitative estimate of drug-likeness (QED) is 0.0768. The lowest BCUT2D eigenvalue weighted by atomic mass is 10.1. The molecule has 0 saturated carbocycles. The second-order valence-electron chi connectivity index (χ2n) is 9.92. The number of hydrogen-bond donors (Lipinski definition) is 4. The largest absolute Gasteiger partial charge is 0.481 e. The maximum Gasteiger partial charge on any atom is 0.336 e. The number of ether oxygens (including phenoxy) is 1. The molecule has 0 aromatic rings. The van der Waals surface area contributed by atoms with Crippen molar-refractivity contribution in [2.75, 3.05) is 0 Å². The predicted molar refractivity (Wildman–Crippen MR) is 145 cm³/mol. The summed E-state index contributed by atoms with van der Waals surface area (Å²) in [4.78, 5) is 72.0. The van der Waals surface area contributed by atoms with Crippen molar-refractivity contribution in [2.45, 2.75) is 142 Å². The number of carboxylic acid groups (broad SMARTS) is 2. The molecule has 2 amide bonds. The number of amides is 2. The third-order valence-corrected chi connectivity index (χ3v) is 6.21. The van der Waals surface area contributed by atoms with Gasteiger partial charge in [-0.2, -0.15) is 0 Å². The standard InChI is InChI=1S/C28H48N2O9/c1-3-5-7-9-11-13-15-17-23(31)29-21(19-25(33)34)27(37)39-28(38)22(20-26(35)36)30-24(32)18-16-14-12-10-8-6-4-2/h21-22H,3-20H2,1-2H3,(H,29,31)(H,30,32)(H,33,34)(H,35,36)/t21-,22-/m0/s1. The van der Waals surface area contributed by atoms with Crippen molar-refractivity contribution in [3.05, 3.63) is 0 Å². The summed E-state index contributed by atoms with van der Waals surface area (Å²) in [5.74, 6) is -6.55. The molecular weight excluding hydrogens is 508 g/mol. The van der Waals surface area contributed by atoms with E-state index in [1.807, 2.05) is 0 Å². The van der Waals surface area contributed by atoms with Crippen molar-refractivity contribution in [3.8, 4) is 0 Å². The van der Waals surface area contributed by atoms with Crippen LogP contribution in [0.25, 0.3) is 0 Å². The molecule has 0 aliphatic carbocycles. The van der Waals surface area contributed by atoms with Crippen LogP contribution in [0.5, 0.6) is 0 Å². The molecule has 4 N–H and O–H groups in total. The van der Waals surface area contributed by atoms with Crippen molar-refractivity contribution in [2.24, 2.45) is 0 Å². The van der Waals surface area contributed by atoms with Gasteiger partial charge in [-0.1, -0.05) is 90.9 Å². The number of esters is 2. The maximum absolute atomic E-state index is 12.5. The van der Waals surface area contributed by atoms with E-state index < -0.39 is 60.6 Å². The van der Waals surface area contributed by atoms with Gasteiger partial charge in [0.25, 0.3) is 0 Å². The smallest absolute Gasteiger partial charge is 0.336 e. The van der Waals surface area contributed by atoms with E-state index in [2.05, 4.69) is 24.5 Å². The van der Waals surface area contributed by atoms with Gasteiger partial charge in [0.1, 0.15) is 12.1 Å². The average molecular weight is 557 g/mol. The van der Waals surface area contributed by atoms with Gasteiger partial charge >= 0.3 is 23.9 Å². The van der Waals surface area contributed by atoms with Crippen molar-refractivity contribution in [1.29, 1.82) is 0 Å². The number of aliphatic carboxylic acids is 2. The Morgan fingerprint density at radius 1 is 0.538 bits per heavy atom. The van der Waals surface area contributed by atoms with Gasteiger partial charge < -0.3 is 25.6 Å². The van der Waals surface area contributed by atoms with Crippen LogP contribution >= 0.6 is 0 Å². The van der Waals surface area contributed by atoms with E-state index in [1.165, 1.54) is 0 Å². The molecule has 11 nitrogen and oxygen atoms in total. The Balaban J connectivity index is 4.80. The van der Waals surface area contributed by atoms with Crippen LogP contribution in [0.3, 0.4) is 0 Å². The molecule has 224 valence electrons. The van der Waals surface area contributed by atoms with Crippen LogP contribution in [-0.2, 0) is 33.5 Å². The van der Waals surface area contributed by atoms with Gasteiger partial charge in [-0.05, 0) is 12.8 Å². The molecule has 0 radical (unpaired) electrons. The van der Waals surface area contributed by atoms with Gasteiger partial charge in [0.05, 0.1) is 12.8 Å². The molecule has 0 saturated heterocycles. The van der Waals surface area contributed by atoms with Crippen LogP contribution in [0.2, 0.25) is 0 Å². The zero-order valence-electron chi connectivity index (χ0n) is 23.6. The first-order valence-corrected chi connectivity index (χ1v) is 14.4. The van der Waals surface area contributed by atoms with E-state index in [-0.39, 0.29) is 12.8 Å². The van der Waals surface area contributed by atoms with Crippen LogP contribution in [0, 0.1) is 0 Å². The second-order valence-corrected chi connectivity index (χ2v) is 9.92. The Morgan fingerprint density at radius 2 is 0.846 bits per heavy atom. The molecule has 11 heteroatoms. The summed E-state index contributed by atoms with van der Waals surface area (Å²) in [5.41, 5.74) is 0. The highest BCUT2D eigenvalue weighted by atomic mass is 16.6. The molecule has 0 aliphatic heterocycles. The summed E-state index contributed by atoms with van der Waals surface area (Å²) in [6.07, 6.45) is 12.2. The first-order chi connectivity index (χ1) is 18.6. The molecule has 0 rings (SSSR count). The van der Waals surface area contributed by atoms with Gasteiger partial charge in [0, 0.05) is 12.8 Å². The molecule has 2 atom stereocenters. The number of carbonyl (C=O) groups is 6. The lowest BCUT2D eigenvalue weighted by molar-refractivity contribution is -0.166. The summed E-state index contributed by atoms with van der Waals surface area (Å²) in [7, 11) is 0. The number of unbranched alkanes of at least 4 members (excludes halogenated alkanes) is 12. The Bertz CT molecular complexity index is 708. The summed E-state index contributed by atoms with van der Waals surface area (Å²) < 4.78 is 4.71. The predicted octanol–water partition coefficient (Wildman–Crippen LogP) is 4.26. The highest BCUT2D eigenvalue weighted by molar-refractivity contribution is 5.97. The molecule has 0 spiro atoms. The molecule has 0 heterocycles. The fourth-order valence-electron chi connectivity index (χ4n) is 4.00. The summed E-state index contributed by atoms with van der Waals surface area (Å²) in [5, 5.41) is 22.8. The highest BCUT2D eigenvalue weighted by Gasteiger charge is 2.32. The molecule has 0 fully saturated rings. The van der Waals surface area contributed by atoms with Crippen LogP contribution < -0.4 is 10.6 Å². The average Bonchev–Trinajstić information content (AvgIpc) is 2.86. The Labute approximate surface area is 231 Å². The monoisotopic (exact) mass is 556 g/mol. The minimum absolute atomic E-state index is 0.0847. The lowest BCUT2D eigenvalue weighted by Crippen LogP contribution is -2.48. The summed E-state index contributed by atoms with van der Waals surface area (Å²) in [6.45, 7) is 4.24. The van der Waals surface area contributed by atoms with Gasteiger partial charge in [-0.15, -0.1) is 0 Å². The summed E-state index contributed by atoms with van der Waals surface area (Å²) in [6, 6.07) is -3.25. The number of hydrogen-bond acceptors (Lipinski definition) is 7. The first-order valence-electron chi connectivity index (χ1n) is 14.4. The third-order valence-electron chi connectivity index (χ3n) is 6.21. The van der Waals surface area contributed by atoms with E-state index in [0.717, 1.165) is 77.0 Å². The maximum atomic E-state index is 12.5. The number of carbonyl (C=O) groups excluding carboxylic acids is 4. The van der Waals surface area contributed by atoms with E-state index in [9.17, 15) is 28.8 Å². The summed E-state index contributed by atoms with van der Waals surface area (Å²) >= 11 is 0. The molecule has 39 heavy (non-hydrogen) atoms. The minimum Gasteiger partial charge on any atom is -0.481 e. The first kappa shape index (κ1) is 36.0. The van der Waals surface area contributed by atoms with Gasteiger partial charge in [-0.3, -0.25) is 19.2 Å². The zero-order valence-corrected chi connectivity index (χ0v) is 23.6. The molecule has 0 unspecified atom stereocenters. The molecule has 0 aromatic carbocycles. The molecule has 0 bridgehead atoms. The van der Waals surface area contributed by atoms with E-state index in [4.69, 9.17) is 14.9 Å². The molecular formula is C28H48N2O9. The topological polar surface area (TPSA) is 176 Å². The number of carboxylic acids is 2. The third kappa shape index (κ3) is 20.6. The highest BCUT2D eigenvalue weighted by Crippen LogP contribution is 2.10. The fraction of sp³-hybridized carbons (Fsp3) is 0.786. The van der Waals surface area contributed by atoms with E-state index in [0.29, 0.717) is 12.8 Å². The fourth-order valence-corrected chi connectivity index (χ4v) is 4.00. The van der Waals surface area contributed by atoms with Crippen LogP contribution in [0.4, 0.5) is 0 Å². The van der Waals surface area contributed by atoms with Crippen molar-refractivity contribution >= 4 is 35.7 Å². The zero-order chi connectivity index (χ0) is 29.5. The molecule has 0 aliphatic rings. The number of rotatable bonds is 24. The van der Waals surface area contributed by atoms with Crippen LogP contribution in [0.15, 0.2) is 0 Å². The number of nitrogens with one attached hydrogen (secondary N) is 2. The van der Waals surface area contributed by atoms with Gasteiger partial charge in [-0.25, -0.2) is 9.59 Å². The normalized spacial score (nSPS) is 12.3. The van der Waals surface area contributed by atoms with Crippen molar-refractivity contribution < 1.29 is 43.7 Å².